The lowest BCUT2D eigenvalue weighted by Crippen LogP contribution is -2.14. The largest absolute Gasteiger partial charge is 0.277 e. The standard InChI is InChI=1S/C13H8F2N2O2S/c14-10-2-4-11(5-3-10)20(18,19)17-13-6-1-9(8-16)7-12(13)15/h1-7,17H. The first-order chi connectivity index (χ1) is 9.42. The first-order valence-corrected chi connectivity index (χ1v) is 6.89. The van der Waals surface area contributed by atoms with E-state index in [1.165, 1.54) is 6.07 Å². The topological polar surface area (TPSA) is 70.0 Å². The van der Waals surface area contributed by atoms with Crippen molar-refractivity contribution in [3.63, 3.8) is 0 Å². The molecule has 0 bridgehead atoms. The van der Waals surface area contributed by atoms with Gasteiger partial charge in [0.1, 0.15) is 11.6 Å². The zero-order valence-electron chi connectivity index (χ0n) is 9.97. The Morgan fingerprint density at radius 1 is 1.05 bits per heavy atom. The van der Waals surface area contributed by atoms with Gasteiger partial charge in [-0.1, -0.05) is 0 Å². The van der Waals surface area contributed by atoms with E-state index in [0.29, 0.717) is 0 Å². The highest BCUT2D eigenvalue weighted by atomic mass is 32.2. The van der Waals surface area contributed by atoms with Crippen LogP contribution in [0.25, 0.3) is 0 Å². The van der Waals surface area contributed by atoms with Gasteiger partial charge in [0.15, 0.2) is 0 Å². The predicted octanol–water partition coefficient (Wildman–Crippen LogP) is 2.64. The summed E-state index contributed by atoms with van der Waals surface area (Å²) in [6, 6.07) is 9.20. The maximum atomic E-state index is 13.6. The molecule has 0 atom stereocenters. The Morgan fingerprint density at radius 2 is 1.70 bits per heavy atom. The minimum Gasteiger partial charge on any atom is -0.277 e. The van der Waals surface area contributed by atoms with Gasteiger partial charge >= 0.3 is 0 Å². The highest BCUT2D eigenvalue weighted by Gasteiger charge is 2.16. The van der Waals surface area contributed by atoms with Crippen LogP contribution >= 0.6 is 0 Å². The third-order valence-corrected chi connectivity index (χ3v) is 3.85. The van der Waals surface area contributed by atoms with E-state index in [2.05, 4.69) is 0 Å². The van der Waals surface area contributed by atoms with E-state index in [-0.39, 0.29) is 16.1 Å². The molecule has 0 unspecified atom stereocenters. The maximum Gasteiger partial charge on any atom is 0.261 e. The van der Waals surface area contributed by atoms with Crippen LogP contribution < -0.4 is 4.72 Å². The lowest BCUT2D eigenvalue weighted by atomic mass is 10.2. The summed E-state index contributed by atoms with van der Waals surface area (Å²) in [5, 5.41) is 8.60. The van der Waals surface area contributed by atoms with Crippen molar-refractivity contribution in [3.8, 4) is 6.07 Å². The van der Waals surface area contributed by atoms with Crippen LogP contribution in [-0.4, -0.2) is 8.42 Å². The molecular weight excluding hydrogens is 286 g/mol. The second kappa shape index (κ2) is 5.27. The number of hydrogen-bond donors (Lipinski definition) is 1. The van der Waals surface area contributed by atoms with Gasteiger partial charge in [-0.05, 0) is 42.5 Å². The molecule has 0 spiro atoms. The van der Waals surface area contributed by atoms with Gasteiger partial charge in [0.05, 0.1) is 22.2 Å². The van der Waals surface area contributed by atoms with Crippen molar-refractivity contribution in [3.05, 3.63) is 59.7 Å². The van der Waals surface area contributed by atoms with Crippen molar-refractivity contribution in [1.29, 1.82) is 5.26 Å². The Hall–Kier alpha value is -2.46. The summed E-state index contributed by atoms with van der Waals surface area (Å²) < 4.78 is 52.3. The third kappa shape index (κ3) is 2.92. The fourth-order valence-electron chi connectivity index (χ4n) is 1.48. The van der Waals surface area contributed by atoms with Crippen LogP contribution in [0.2, 0.25) is 0 Å². The molecule has 0 heterocycles. The van der Waals surface area contributed by atoms with E-state index in [1.807, 2.05) is 4.72 Å². The van der Waals surface area contributed by atoms with Crippen LogP contribution in [0.4, 0.5) is 14.5 Å². The molecule has 1 N–H and O–H groups in total. The first-order valence-electron chi connectivity index (χ1n) is 5.40. The van der Waals surface area contributed by atoms with Crippen LogP contribution in [0.1, 0.15) is 5.56 Å². The highest BCUT2D eigenvalue weighted by Crippen LogP contribution is 2.20. The fraction of sp³-hybridized carbons (Fsp3) is 0. The second-order valence-electron chi connectivity index (χ2n) is 3.87. The predicted molar refractivity (Wildman–Crippen MR) is 68.3 cm³/mol. The Balaban J connectivity index is 2.34. The van der Waals surface area contributed by atoms with Crippen LogP contribution in [0.15, 0.2) is 47.4 Å². The molecule has 102 valence electrons. The van der Waals surface area contributed by atoms with Crippen molar-refractivity contribution in [2.24, 2.45) is 0 Å². The van der Waals surface area contributed by atoms with E-state index in [9.17, 15) is 17.2 Å². The summed E-state index contributed by atoms with van der Waals surface area (Å²) in [5.41, 5.74) is -0.208. The Kier molecular flexibility index (Phi) is 3.68. The van der Waals surface area contributed by atoms with Crippen molar-refractivity contribution < 1.29 is 17.2 Å². The molecule has 4 nitrogen and oxygen atoms in total. The molecule has 20 heavy (non-hydrogen) atoms. The van der Waals surface area contributed by atoms with E-state index < -0.39 is 21.7 Å². The molecule has 0 saturated heterocycles. The van der Waals surface area contributed by atoms with Crippen LogP contribution in [0.5, 0.6) is 0 Å². The minimum atomic E-state index is -4.01. The van der Waals surface area contributed by atoms with Gasteiger partial charge in [0.25, 0.3) is 10.0 Å². The summed E-state index contributed by atoms with van der Waals surface area (Å²) in [7, 11) is -4.01. The van der Waals surface area contributed by atoms with E-state index in [4.69, 9.17) is 5.26 Å². The molecule has 2 aromatic rings. The van der Waals surface area contributed by atoms with Gasteiger partial charge in [0, 0.05) is 0 Å². The number of rotatable bonds is 3. The first kappa shape index (κ1) is 14.0. The summed E-state index contributed by atoms with van der Waals surface area (Å²) in [4.78, 5) is -0.192. The second-order valence-corrected chi connectivity index (χ2v) is 5.55. The van der Waals surface area contributed by atoms with Crippen molar-refractivity contribution in [1.82, 2.24) is 0 Å². The zero-order valence-corrected chi connectivity index (χ0v) is 10.8. The molecule has 2 rings (SSSR count). The number of nitrogens with zero attached hydrogens (tertiary/aromatic N) is 1. The summed E-state index contributed by atoms with van der Waals surface area (Å²) in [6.07, 6.45) is 0. The lowest BCUT2D eigenvalue weighted by Gasteiger charge is -2.09. The Bertz CT molecular complexity index is 781. The molecule has 7 heteroatoms. The Labute approximate surface area is 114 Å². The molecule has 0 fully saturated rings. The molecule has 0 radical (unpaired) electrons. The third-order valence-electron chi connectivity index (χ3n) is 2.47. The van der Waals surface area contributed by atoms with E-state index in [0.717, 1.165) is 36.4 Å². The summed E-state index contributed by atoms with van der Waals surface area (Å²) in [6.45, 7) is 0. The molecule has 0 aromatic heterocycles. The molecule has 0 aliphatic carbocycles. The molecule has 0 aliphatic heterocycles. The molecule has 0 aliphatic rings. The van der Waals surface area contributed by atoms with Gasteiger partial charge < -0.3 is 0 Å². The van der Waals surface area contributed by atoms with Crippen LogP contribution in [-0.2, 0) is 10.0 Å². The number of sulfonamides is 1. The number of hydrogen-bond acceptors (Lipinski definition) is 3. The zero-order chi connectivity index (χ0) is 14.8. The normalized spacial score (nSPS) is 10.8. The average Bonchev–Trinajstić information content (AvgIpc) is 2.41. The highest BCUT2D eigenvalue weighted by molar-refractivity contribution is 7.92. The van der Waals surface area contributed by atoms with Gasteiger partial charge in [-0.2, -0.15) is 5.26 Å². The maximum absolute atomic E-state index is 13.6. The van der Waals surface area contributed by atoms with Crippen LogP contribution in [0, 0.1) is 23.0 Å². The van der Waals surface area contributed by atoms with Crippen molar-refractivity contribution in [2.45, 2.75) is 4.90 Å². The molecular formula is C13H8F2N2O2S. The number of halogens is 2. The van der Waals surface area contributed by atoms with Gasteiger partial charge in [-0.15, -0.1) is 0 Å². The van der Waals surface area contributed by atoms with E-state index in [1.54, 1.807) is 6.07 Å². The van der Waals surface area contributed by atoms with Gasteiger partial charge in [-0.3, -0.25) is 4.72 Å². The number of nitriles is 1. The van der Waals surface area contributed by atoms with Crippen LogP contribution in [0.3, 0.4) is 0 Å². The fourth-order valence-corrected chi connectivity index (χ4v) is 2.55. The monoisotopic (exact) mass is 294 g/mol. The summed E-state index contributed by atoms with van der Waals surface area (Å²) in [5.74, 6) is -1.44. The molecule has 2 aromatic carbocycles. The van der Waals surface area contributed by atoms with Gasteiger partial charge in [-0.25, -0.2) is 17.2 Å². The summed E-state index contributed by atoms with van der Waals surface area (Å²) >= 11 is 0. The quantitative estimate of drug-likeness (QED) is 0.946. The van der Waals surface area contributed by atoms with Crippen molar-refractivity contribution >= 4 is 15.7 Å². The van der Waals surface area contributed by atoms with Crippen molar-refractivity contribution in [2.75, 3.05) is 4.72 Å². The smallest absolute Gasteiger partial charge is 0.261 e. The average molecular weight is 294 g/mol. The molecule has 0 amide bonds. The Morgan fingerprint density at radius 3 is 2.25 bits per heavy atom. The number of nitrogens with one attached hydrogen (secondary N) is 1. The SMILES string of the molecule is N#Cc1ccc(NS(=O)(=O)c2ccc(F)cc2)c(F)c1. The van der Waals surface area contributed by atoms with Gasteiger partial charge in [0.2, 0.25) is 0 Å². The van der Waals surface area contributed by atoms with E-state index >= 15 is 0 Å². The number of anilines is 1. The minimum absolute atomic E-state index is 0.0761. The lowest BCUT2D eigenvalue weighted by molar-refractivity contribution is 0.597. The number of benzene rings is 2. The molecule has 0 saturated carbocycles.